The maximum absolute atomic E-state index is 13.9. The van der Waals surface area contributed by atoms with Gasteiger partial charge in [-0.05, 0) is 72.7 Å². The van der Waals surface area contributed by atoms with E-state index in [9.17, 15) is 34.2 Å². The fraction of sp³-hybridized carbons (Fsp3) is 0.343. The minimum atomic E-state index is -1.21. The van der Waals surface area contributed by atoms with E-state index in [0.29, 0.717) is 23.3 Å². The van der Waals surface area contributed by atoms with Crippen LogP contribution in [0.1, 0.15) is 30.0 Å². The van der Waals surface area contributed by atoms with Crippen LogP contribution in [0, 0.1) is 0 Å². The van der Waals surface area contributed by atoms with E-state index >= 15 is 0 Å². The Labute approximate surface area is 289 Å². The lowest BCUT2D eigenvalue weighted by atomic mass is 10.0. The summed E-state index contributed by atoms with van der Waals surface area (Å²) >= 11 is 1.49. The standard InChI is InChI=1S/C35H44N6O7S/c1-21(38-33(46)27(36)18-23-8-12-25(42)13-9-23)32(45)40-29(20-24-10-14-26(43)15-11-24)35(48)41-30(19-22-6-4-3-5-7-22)34(47)39-28(31(37)44)16-17-49-2/h3-15,21,27-30,42-43H,16-20,36H2,1-2H3,(H2,37,44)(H,38,46)(H,39,47)(H,40,45)(H,41,48)/t21-,27-,28-,29+,30-/m0/s1. The molecule has 5 amide bonds. The molecule has 0 heterocycles. The lowest BCUT2D eigenvalue weighted by Gasteiger charge is -2.26. The number of primary amides is 1. The van der Waals surface area contributed by atoms with Crippen LogP contribution in [-0.4, -0.2) is 82.0 Å². The molecular weight excluding hydrogens is 648 g/mol. The van der Waals surface area contributed by atoms with E-state index in [2.05, 4.69) is 21.3 Å². The van der Waals surface area contributed by atoms with Crippen molar-refractivity contribution < 1.29 is 34.2 Å². The normalized spacial score (nSPS) is 13.9. The number of rotatable bonds is 18. The van der Waals surface area contributed by atoms with Crippen molar-refractivity contribution in [3.63, 3.8) is 0 Å². The highest BCUT2D eigenvalue weighted by Gasteiger charge is 2.31. The average Bonchev–Trinajstić information content (AvgIpc) is 3.08. The number of aromatic hydroxyl groups is 2. The maximum atomic E-state index is 13.9. The smallest absolute Gasteiger partial charge is 0.243 e. The molecule has 3 aromatic carbocycles. The van der Waals surface area contributed by atoms with Gasteiger partial charge in [0.2, 0.25) is 29.5 Å². The Morgan fingerprint density at radius 2 is 1.08 bits per heavy atom. The predicted octanol–water partition coefficient (Wildman–Crippen LogP) is 0.651. The van der Waals surface area contributed by atoms with Crippen LogP contribution in [0.15, 0.2) is 78.9 Å². The average molecular weight is 693 g/mol. The zero-order valence-electron chi connectivity index (χ0n) is 27.4. The van der Waals surface area contributed by atoms with Gasteiger partial charge in [0.05, 0.1) is 6.04 Å². The molecule has 3 aromatic rings. The molecule has 0 radical (unpaired) electrons. The molecule has 262 valence electrons. The molecule has 0 aliphatic rings. The van der Waals surface area contributed by atoms with Crippen molar-refractivity contribution in [3.05, 3.63) is 95.6 Å². The summed E-state index contributed by atoms with van der Waals surface area (Å²) in [4.78, 5) is 65.6. The van der Waals surface area contributed by atoms with Gasteiger partial charge >= 0.3 is 0 Å². The summed E-state index contributed by atoms with van der Waals surface area (Å²) in [6.45, 7) is 1.44. The fourth-order valence-corrected chi connectivity index (χ4v) is 5.33. The topological polar surface area (TPSA) is 226 Å². The molecule has 0 unspecified atom stereocenters. The van der Waals surface area contributed by atoms with Crippen molar-refractivity contribution in [1.29, 1.82) is 0 Å². The predicted molar refractivity (Wildman–Crippen MR) is 187 cm³/mol. The van der Waals surface area contributed by atoms with Gasteiger partial charge in [0.1, 0.15) is 35.7 Å². The zero-order chi connectivity index (χ0) is 35.9. The van der Waals surface area contributed by atoms with E-state index in [4.69, 9.17) is 11.5 Å². The number of phenols is 2. The lowest BCUT2D eigenvalue weighted by Crippen LogP contribution is -2.59. The van der Waals surface area contributed by atoms with Gasteiger partial charge in [0.25, 0.3) is 0 Å². The van der Waals surface area contributed by atoms with Crippen molar-refractivity contribution in [2.75, 3.05) is 12.0 Å². The number of hydrogen-bond acceptors (Lipinski definition) is 9. The first-order chi connectivity index (χ1) is 23.4. The molecule has 49 heavy (non-hydrogen) atoms. The second-order valence-electron chi connectivity index (χ2n) is 11.6. The Morgan fingerprint density at radius 3 is 1.57 bits per heavy atom. The first kappa shape index (κ1) is 38.4. The highest BCUT2D eigenvalue weighted by molar-refractivity contribution is 7.98. The van der Waals surface area contributed by atoms with Gasteiger partial charge in [0.15, 0.2) is 0 Å². The molecule has 0 aliphatic carbocycles. The van der Waals surface area contributed by atoms with Crippen molar-refractivity contribution in [2.24, 2.45) is 11.5 Å². The van der Waals surface area contributed by atoms with E-state index in [0.717, 1.165) is 5.56 Å². The third-order valence-electron chi connectivity index (χ3n) is 7.68. The number of benzene rings is 3. The monoisotopic (exact) mass is 692 g/mol. The van der Waals surface area contributed by atoms with Gasteiger partial charge in [-0.1, -0.05) is 54.6 Å². The second-order valence-corrected chi connectivity index (χ2v) is 12.6. The van der Waals surface area contributed by atoms with Crippen LogP contribution in [0.3, 0.4) is 0 Å². The van der Waals surface area contributed by atoms with Gasteiger partial charge in [-0.25, -0.2) is 0 Å². The summed E-state index contributed by atoms with van der Waals surface area (Å²) < 4.78 is 0. The number of phenolic OH excluding ortho intramolecular Hbond substituents is 2. The molecule has 10 N–H and O–H groups in total. The van der Waals surface area contributed by atoms with E-state index in [1.165, 1.54) is 43.0 Å². The van der Waals surface area contributed by atoms with Gasteiger partial charge in [-0.15, -0.1) is 0 Å². The maximum Gasteiger partial charge on any atom is 0.243 e. The summed E-state index contributed by atoms with van der Waals surface area (Å²) in [6, 6.07) is 15.9. The first-order valence-electron chi connectivity index (χ1n) is 15.7. The number of thioether (sulfide) groups is 1. The van der Waals surface area contributed by atoms with E-state index < -0.39 is 59.7 Å². The molecule has 0 bridgehead atoms. The SMILES string of the molecule is CSCC[C@H](NC(=O)[C@H](Cc1ccccc1)NC(=O)[C@@H](Cc1ccc(O)cc1)NC(=O)[C@H](C)NC(=O)[C@@H](N)Cc1ccc(O)cc1)C(N)=O. The van der Waals surface area contributed by atoms with Gasteiger partial charge in [-0.3, -0.25) is 24.0 Å². The molecule has 0 aromatic heterocycles. The summed E-state index contributed by atoms with van der Waals surface area (Å²) in [5.74, 6) is -2.65. The van der Waals surface area contributed by atoms with Crippen LogP contribution in [-0.2, 0) is 43.2 Å². The van der Waals surface area contributed by atoms with Gasteiger partial charge in [0, 0.05) is 12.8 Å². The van der Waals surface area contributed by atoms with Gasteiger partial charge < -0.3 is 42.9 Å². The molecule has 0 fully saturated rings. The summed E-state index contributed by atoms with van der Waals surface area (Å²) in [6.07, 6.45) is 2.38. The van der Waals surface area contributed by atoms with Crippen molar-refractivity contribution in [3.8, 4) is 11.5 Å². The quantitative estimate of drug-likeness (QED) is 0.0935. The molecule has 0 aliphatic heterocycles. The summed E-state index contributed by atoms with van der Waals surface area (Å²) in [7, 11) is 0. The Kier molecular flexibility index (Phi) is 14.9. The molecule has 14 heteroatoms. The Hall–Kier alpha value is -5.08. The van der Waals surface area contributed by atoms with Crippen molar-refractivity contribution >= 4 is 41.3 Å². The number of amides is 5. The number of nitrogens with two attached hydrogens (primary N) is 2. The third kappa shape index (κ3) is 12.8. The van der Waals surface area contributed by atoms with Gasteiger partial charge in [-0.2, -0.15) is 11.8 Å². The number of carbonyl (C=O) groups excluding carboxylic acids is 5. The number of carbonyl (C=O) groups is 5. The van der Waals surface area contributed by atoms with Crippen LogP contribution >= 0.6 is 11.8 Å². The van der Waals surface area contributed by atoms with Crippen molar-refractivity contribution in [1.82, 2.24) is 21.3 Å². The van der Waals surface area contributed by atoms with Crippen LogP contribution in [0.25, 0.3) is 0 Å². The third-order valence-corrected chi connectivity index (χ3v) is 8.32. The molecule has 5 atom stereocenters. The van der Waals surface area contributed by atoms with Crippen LogP contribution in [0.5, 0.6) is 11.5 Å². The number of hydrogen-bond donors (Lipinski definition) is 8. The zero-order valence-corrected chi connectivity index (χ0v) is 28.2. The molecule has 13 nitrogen and oxygen atoms in total. The highest BCUT2D eigenvalue weighted by Crippen LogP contribution is 2.14. The van der Waals surface area contributed by atoms with Crippen molar-refractivity contribution in [2.45, 2.75) is 62.8 Å². The highest BCUT2D eigenvalue weighted by atomic mass is 32.2. The Bertz CT molecular complexity index is 1560. The summed E-state index contributed by atoms with van der Waals surface area (Å²) in [5, 5.41) is 29.9. The Balaban J connectivity index is 1.78. The lowest BCUT2D eigenvalue weighted by molar-refractivity contribution is -0.134. The minimum Gasteiger partial charge on any atom is -0.508 e. The van der Waals surface area contributed by atoms with E-state index in [1.807, 2.05) is 12.3 Å². The molecule has 0 spiro atoms. The summed E-state index contributed by atoms with van der Waals surface area (Å²) in [5.41, 5.74) is 13.7. The second kappa shape index (κ2) is 19.1. The van der Waals surface area contributed by atoms with Crippen LogP contribution < -0.4 is 32.7 Å². The molecular formula is C35H44N6O7S. The largest absolute Gasteiger partial charge is 0.508 e. The van der Waals surface area contributed by atoms with Crippen LogP contribution in [0.4, 0.5) is 0 Å². The van der Waals surface area contributed by atoms with E-state index in [-0.39, 0.29) is 30.8 Å². The molecule has 0 saturated heterocycles. The first-order valence-corrected chi connectivity index (χ1v) is 17.1. The minimum absolute atomic E-state index is 0.0128. The fourth-order valence-electron chi connectivity index (χ4n) is 4.86. The molecule has 0 saturated carbocycles. The number of nitrogens with one attached hydrogen (secondary N) is 4. The Morgan fingerprint density at radius 1 is 0.633 bits per heavy atom. The van der Waals surface area contributed by atoms with Crippen LogP contribution in [0.2, 0.25) is 0 Å². The van der Waals surface area contributed by atoms with E-state index in [1.54, 1.807) is 48.5 Å². The molecule has 3 rings (SSSR count).